The largest absolute Gasteiger partial charge is 0.494 e. The van der Waals surface area contributed by atoms with Gasteiger partial charge in [0.15, 0.2) is 0 Å². The van der Waals surface area contributed by atoms with Crippen molar-refractivity contribution in [2.75, 3.05) is 6.61 Å². The van der Waals surface area contributed by atoms with Gasteiger partial charge in [-0.3, -0.25) is 0 Å². The monoisotopic (exact) mass is 346 g/mol. The molecule has 0 bridgehead atoms. The van der Waals surface area contributed by atoms with Gasteiger partial charge in [-0.2, -0.15) is 5.26 Å². The van der Waals surface area contributed by atoms with Gasteiger partial charge in [0.2, 0.25) is 0 Å². The minimum absolute atomic E-state index is 0.229. The molecule has 0 saturated heterocycles. The van der Waals surface area contributed by atoms with Gasteiger partial charge < -0.3 is 14.0 Å². The fourth-order valence-electron chi connectivity index (χ4n) is 2.41. The van der Waals surface area contributed by atoms with Crippen LogP contribution >= 0.6 is 0 Å². The van der Waals surface area contributed by atoms with Crippen LogP contribution in [0.25, 0.3) is 11.3 Å². The number of ether oxygens (including phenoxy) is 1. The van der Waals surface area contributed by atoms with E-state index in [0.29, 0.717) is 17.9 Å². The summed E-state index contributed by atoms with van der Waals surface area (Å²) in [5.74, 6) is 2.16. The van der Waals surface area contributed by atoms with Crippen LogP contribution in [0.1, 0.15) is 23.8 Å². The molecule has 3 aromatic rings. The van der Waals surface area contributed by atoms with Crippen molar-refractivity contribution in [1.82, 2.24) is 0 Å². The average Bonchev–Trinajstić information content (AvgIpc) is 3.15. The Labute approximate surface area is 152 Å². The summed E-state index contributed by atoms with van der Waals surface area (Å²) >= 11 is 0. The van der Waals surface area contributed by atoms with Crippen molar-refractivity contribution in [3.63, 3.8) is 0 Å². The van der Waals surface area contributed by atoms with Gasteiger partial charge in [0.1, 0.15) is 30.1 Å². The first kappa shape index (κ1) is 17.3. The minimum Gasteiger partial charge on any atom is -0.494 e. The molecule has 26 heavy (non-hydrogen) atoms. The molecule has 0 atom stereocenters. The third-order valence-corrected chi connectivity index (χ3v) is 3.69. The molecule has 2 aromatic carbocycles. The quantitative estimate of drug-likeness (QED) is 0.456. The Morgan fingerprint density at radius 2 is 1.88 bits per heavy atom. The highest BCUT2D eigenvalue weighted by atomic mass is 16.6. The van der Waals surface area contributed by atoms with Gasteiger partial charge in [0.25, 0.3) is 0 Å². The topological polar surface area (TPSA) is 67.8 Å². The molecule has 1 heterocycles. The van der Waals surface area contributed by atoms with Crippen molar-refractivity contribution in [2.24, 2.45) is 5.16 Å². The van der Waals surface area contributed by atoms with Crippen LogP contribution in [-0.2, 0) is 11.4 Å². The van der Waals surface area contributed by atoms with Crippen LogP contribution in [0.15, 0.2) is 70.2 Å². The van der Waals surface area contributed by atoms with Crippen molar-refractivity contribution < 1.29 is 14.0 Å². The number of furan rings is 1. The summed E-state index contributed by atoms with van der Waals surface area (Å²) in [4.78, 5) is 5.27. The molecular formula is C21H18N2O3. The smallest absolute Gasteiger partial charge is 0.149 e. The first-order valence-corrected chi connectivity index (χ1v) is 8.26. The SMILES string of the molecule is CCOc1ccc(-c2ccc(/C=N\OCc3ccccc3C#N)o2)cc1. The normalized spacial score (nSPS) is 10.6. The minimum atomic E-state index is 0.229. The standard InChI is InChI=1S/C21H18N2O3/c1-2-24-19-9-7-16(8-10-19)21-12-11-20(26-21)14-23-25-15-18-6-4-3-5-17(18)13-22/h3-12,14H,2,15H2,1H3/b23-14-. The van der Waals surface area contributed by atoms with E-state index in [1.54, 1.807) is 6.07 Å². The van der Waals surface area contributed by atoms with E-state index in [1.807, 2.05) is 61.5 Å². The number of hydrogen-bond acceptors (Lipinski definition) is 5. The lowest BCUT2D eigenvalue weighted by Crippen LogP contribution is -1.91. The Kier molecular flexibility index (Phi) is 5.69. The van der Waals surface area contributed by atoms with Gasteiger partial charge in [-0.05, 0) is 49.4 Å². The highest BCUT2D eigenvalue weighted by Gasteiger charge is 2.04. The second-order valence-corrected chi connectivity index (χ2v) is 5.44. The van der Waals surface area contributed by atoms with E-state index in [0.717, 1.165) is 22.6 Å². The highest BCUT2D eigenvalue weighted by Crippen LogP contribution is 2.24. The van der Waals surface area contributed by atoms with Crippen LogP contribution in [0.3, 0.4) is 0 Å². The van der Waals surface area contributed by atoms with E-state index >= 15 is 0 Å². The van der Waals surface area contributed by atoms with Gasteiger partial charge in [-0.25, -0.2) is 0 Å². The summed E-state index contributed by atoms with van der Waals surface area (Å²) in [5.41, 5.74) is 2.33. The summed E-state index contributed by atoms with van der Waals surface area (Å²) in [5, 5.41) is 13.0. The molecule has 5 heteroatoms. The number of rotatable bonds is 7. The van der Waals surface area contributed by atoms with Crippen molar-refractivity contribution in [2.45, 2.75) is 13.5 Å². The van der Waals surface area contributed by atoms with E-state index < -0.39 is 0 Å². The second-order valence-electron chi connectivity index (χ2n) is 5.44. The Bertz CT molecular complexity index is 921. The Morgan fingerprint density at radius 3 is 2.65 bits per heavy atom. The number of oxime groups is 1. The van der Waals surface area contributed by atoms with E-state index in [1.165, 1.54) is 6.21 Å². The number of hydrogen-bond donors (Lipinski definition) is 0. The maximum Gasteiger partial charge on any atom is 0.149 e. The number of nitriles is 1. The molecular weight excluding hydrogens is 328 g/mol. The zero-order valence-electron chi connectivity index (χ0n) is 14.4. The lowest BCUT2D eigenvalue weighted by molar-refractivity contribution is 0.131. The average molecular weight is 346 g/mol. The van der Waals surface area contributed by atoms with Crippen LogP contribution in [0, 0.1) is 11.3 Å². The van der Waals surface area contributed by atoms with E-state index in [2.05, 4.69) is 11.2 Å². The lowest BCUT2D eigenvalue weighted by Gasteiger charge is -2.03. The van der Waals surface area contributed by atoms with Gasteiger partial charge in [-0.1, -0.05) is 23.4 Å². The van der Waals surface area contributed by atoms with E-state index in [9.17, 15) is 0 Å². The molecule has 0 unspecified atom stereocenters. The molecule has 0 aliphatic rings. The zero-order valence-corrected chi connectivity index (χ0v) is 14.4. The predicted molar refractivity (Wildman–Crippen MR) is 98.9 cm³/mol. The predicted octanol–water partition coefficient (Wildman–Crippen LogP) is 4.77. The third kappa shape index (κ3) is 4.31. The maximum absolute atomic E-state index is 9.04. The third-order valence-electron chi connectivity index (χ3n) is 3.69. The van der Waals surface area contributed by atoms with Crippen molar-refractivity contribution in [3.05, 3.63) is 77.6 Å². The van der Waals surface area contributed by atoms with Gasteiger partial charge in [0, 0.05) is 11.1 Å². The maximum atomic E-state index is 9.04. The highest BCUT2D eigenvalue weighted by molar-refractivity contribution is 5.77. The molecule has 5 nitrogen and oxygen atoms in total. The van der Waals surface area contributed by atoms with Crippen LogP contribution in [-0.4, -0.2) is 12.8 Å². The Hall–Kier alpha value is -3.52. The molecule has 0 radical (unpaired) electrons. The fourth-order valence-corrected chi connectivity index (χ4v) is 2.41. The molecule has 0 saturated carbocycles. The fraction of sp³-hybridized carbons (Fsp3) is 0.143. The molecule has 0 aliphatic carbocycles. The second kappa shape index (κ2) is 8.54. The van der Waals surface area contributed by atoms with Crippen molar-refractivity contribution in [1.29, 1.82) is 5.26 Å². The van der Waals surface area contributed by atoms with Gasteiger partial charge in [-0.15, -0.1) is 0 Å². The Morgan fingerprint density at radius 1 is 1.08 bits per heavy atom. The van der Waals surface area contributed by atoms with Crippen LogP contribution in [0.5, 0.6) is 5.75 Å². The first-order chi connectivity index (χ1) is 12.8. The molecule has 0 spiro atoms. The van der Waals surface area contributed by atoms with Crippen molar-refractivity contribution in [3.8, 4) is 23.1 Å². The molecule has 130 valence electrons. The molecule has 0 N–H and O–H groups in total. The van der Waals surface area contributed by atoms with Crippen molar-refractivity contribution >= 4 is 6.21 Å². The summed E-state index contributed by atoms with van der Waals surface area (Å²) in [7, 11) is 0. The number of nitrogens with zero attached hydrogens (tertiary/aromatic N) is 2. The zero-order chi connectivity index (χ0) is 18.2. The van der Waals surface area contributed by atoms with Crippen LogP contribution in [0.4, 0.5) is 0 Å². The summed E-state index contributed by atoms with van der Waals surface area (Å²) in [6.45, 7) is 2.82. The molecule has 3 rings (SSSR count). The van der Waals surface area contributed by atoms with E-state index in [4.69, 9.17) is 19.3 Å². The van der Waals surface area contributed by atoms with Crippen LogP contribution < -0.4 is 4.74 Å². The Balaban J connectivity index is 1.59. The first-order valence-electron chi connectivity index (χ1n) is 8.26. The summed E-state index contributed by atoms with van der Waals surface area (Å²) < 4.78 is 11.2. The number of benzene rings is 2. The molecule has 0 fully saturated rings. The van der Waals surface area contributed by atoms with Crippen LogP contribution in [0.2, 0.25) is 0 Å². The lowest BCUT2D eigenvalue weighted by atomic mass is 10.1. The molecule has 1 aromatic heterocycles. The van der Waals surface area contributed by atoms with E-state index in [-0.39, 0.29) is 6.61 Å². The molecule has 0 aliphatic heterocycles. The summed E-state index contributed by atoms with van der Waals surface area (Å²) in [6.07, 6.45) is 1.51. The molecule has 0 amide bonds. The van der Waals surface area contributed by atoms with Gasteiger partial charge >= 0.3 is 0 Å². The summed E-state index contributed by atoms with van der Waals surface area (Å²) in [6, 6.07) is 20.8. The van der Waals surface area contributed by atoms with Gasteiger partial charge in [0.05, 0.1) is 18.2 Å².